The third-order valence-electron chi connectivity index (χ3n) is 4.74. The summed E-state index contributed by atoms with van der Waals surface area (Å²) in [4.78, 5) is 2.73. The van der Waals surface area contributed by atoms with Crippen molar-refractivity contribution < 1.29 is 4.74 Å². The molecule has 4 atom stereocenters. The number of hydrogen-bond donors (Lipinski definition) is 1. The van der Waals surface area contributed by atoms with E-state index in [1.807, 2.05) is 0 Å². The van der Waals surface area contributed by atoms with Crippen LogP contribution in [0.1, 0.15) is 47.5 Å². The zero-order chi connectivity index (χ0) is 13.3. The smallest absolute Gasteiger partial charge is 0.0703 e. The average molecular weight is 254 g/mol. The van der Waals surface area contributed by atoms with Crippen molar-refractivity contribution in [3.63, 3.8) is 0 Å². The van der Waals surface area contributed by atoms with Crippen LogP contribution < -0.4 is 5.32 Å². The van der Waals surface area contributed by atoms with E-state index in [4.69, 9.17) is 4.74 Å². The zero-order valence-electron chi connectivity index (χ0n) is 12.7. The van der Waals surface area contributed by atoms with E-state index in [-0.39, 0.29) is 0 Å². The second kappa shape index (κ2) is 5.48. The molecule has 18 heavy (non-hydrogen) atoms. The number of nitrogens with one attached hydrogen (secondary N) is 1. The minimum Gasteiger partial charge on any atom is -0.377 e. The molecular formula is C15H30N2O. The van der Waals surface area contributed by atoms with Crippen LogP contribution in [-0.4, -0.2) is 48.8 Å². The molecule has 1 N–H and O–H groups in total. The molecule has 0 amide bonds. The summed E-state index contributed by atoms with van der Waals surface area (Å²) >= 11 is 0. The van der Waals surface area contributed by atoms with Gasteiger partial charge in [-0.05, 0) is 25.2 Å². The molecule has 0 saturated carbocycles. The summed E-state index contributed by atoms with van der Waals surface area (Å²) in [7, 11) is 0. The SMILES string of the molecule is CCC1CNC(C(C)(C)C)CN1C1CCOC1C. The fourth-order valence-electron chi connectivity index (χ4n) is 3.34. The Labute approximate surface area is 112 Å². The summed E-state index contributed by atoms with van der Waals surface area (Å²) < 4.78 is 5.77. The van der Waals surface area contributed by atoms with Gasteiger partial charge in [0, 0.05) is 37.8 Å². The van der Waals surface area contributed by atoms with Gasteiger partial charge in [-0.2, -0.15) is 0 Å². The van der Waals surface area contributed by atoms with E-state index >= 15 is 0 Å². The molecule has 2 aliphatic heterocycles. The number of rotatable bonds is 2. The highest BCUT2D eigenvalue weighted by molar-refractivity contribution is 4.96. The lowest BCUT2D eigenvalue weighted by Crippen LogP contribution is -2.63. The van der Waals surface area contributed by atoms with Crippen LogP contribution in [0.3, 0.4) is 0 Å². The summed E-state index contributed by atoms with van der Waals surface area (Å²) in [5, 5.41) is 3.75. The molecule has 2 heterocycles. The van der Waals surface area contributed by atoms with Crippen LogP contribution in [0.25, 0.3) is 0 Å². The molecule has 2 rings (SSSR count). The maximum Gasteiger partial charge on any atom is 0.0703 e. The highest BCUT2D eigenvalue weighted by atomic mass is 16.5. The maximum atomic E-state index is 5.77. The van der Waals surface area contributed by atoms with Crippen LogP contribution in [0.2, 0.25) is 0 Å². The van der Waals surface area contributed by atoms with E-state index in [0.29, 0.717) is 29.6 Å². The molecule has 0 aliphatic carbocycles. The molecule has 0 radical (unpaired) electrons. The van der Waals surface area contributed by atoms with E-state index < -0.39 is 0 Å². The molecule has 0 aromatic rings. The normalized spacial score (nSPS) is 39.2. The summed E-state index contributed by atoms with van der Waals surface area (Å²) in [5.74, 6) is 0. The van der Waals surface area contributed by atoms with E-state index in [2.05, 4.69) is 44.8 Å². The van der Waals surface area contributed by atoms with Crippen molar-refractivity contribution in [1.29, 1.82) is 0 Å². The Balaban J connectivity index is 2.08. The zero-order valence-corrected chi connectivity index (χ0v) is 12.7. The van der Waals surface area contributed by atoms with Crippen molar-refractivity contribution in [3.05, 3.63) is 0 Å². The molecule has 0 aromatic heterocycles. The molecule has 0 bridgehead atoms. The fourth-order valence-corrected chi connectivity index (χ4v) is 3.34. The molecule has 3 heteroatoms. The van der Waals surface area contributed by atoms with Crippen molar-refractivity contribution >= 4 is 0 Å². The van der Waals surface area contributed by atoms with Gasteiger partial charge in [0.15, 0.2) is 0 Å². The Kier molecular flexibility index (Phi) is 4.35. The Morgan fingerprint density at radius 2 is 2.06 bits per heavy atom. The molecule has 2 aliphatic rings. The first kappa shape index (κ1) is 14.3. The summed E-state index contributed by atoms with van der Waals surface area (Å²) in [6.07, 6.45) is 2.83. The molecule has 2 fully saturated rings. The molecule has 0 spiro atoms. The summed E-state index contributed by atoms with van der Waals surface area (Å²) in [6.45, 7) is 14.8. The van der Waals surface area contributed by atoms with Crippen molar-refractivity contribution in [2.24, 2.45) is 5.41 Å². The van der Waals surface area contributed by atoms with Crippen LogP contribution in [0.15, 0.2) is 0 Å². The van der Waals surface area contributed by atoms with Crippen LogP contribution in [-0.2, 0) is 4.74 Å². The van der Waals surface area contributed by atoms with Gasteiger partial charge in [0.1, 0.15) is 0 Å². The fraction of sp³-hybridized carbons (Fsp3) is 1.00. The summed E-state index contributed by atoms with van der Waals surface area (Å²) in [5.41, 5.74) is 0.333. The van der Waals surface area contributed by atoms with Gasteiger partial charge in [-0.25, -0.2) is 0 Å². The standard InChI is InChI=1S/C15H30N2O/c1-6-12-9-16-14(15(3,4)5)10-17(12)13-7-8-18-11(13)2/h11-14,16H,6-10H2,1-5H3. The van der Waals surface area contributed by atoms with Gasteiger partial charge in [-0.15, -0.1) is 0 Å². The van der Waals surface area contributed by atoms with Gasteiger partial charge in [0.2, 0.25) is 0 Å². The largest absolute Gasteiger partial charge is 0.377 e. The maximum absolute atomic E-state index is 5.77. The molecule has 3 nitrogen and oxygen atoms in total. The highest BCUT2D eigenvalue weighted by Crippen LogP contribution is 2.29. The molecule has 106 valence electrons. The molecule has 0 aromatic carbocycles. The highest BCUT2D eigenvalue weighted by Gasteiger charge is 2.39. The predicted molar refractivity (Wildman–Crippen MR) is 75.8 cm³/mol. The summed E-state index contributed by atoms with van der Waals surface area (Å²) in [6, 6.07) is 1.90. The Bertz CT molecular complexity index is 274. The monoisotopic (exact) mass is 254 g/mol. The number of piperazine rings is 1. The second-order valence-electron chi connectivity index (χ2n) is 7.02. The van der Waals surface area contributed by atoms with Gasteiger partial charge in [0.25, 0.3) is 0 Å². The molecule has 2 saturated heterocycles. The van der Waals surface area contributed by atoms with E-state index in [0.717, 1.165) is 13.2 Å². The van der Waals surface area contributed by atoms with E-state index in [1.54, 1.807) is 0 Å². The Morgan fingerprint density at radius 1 is 1.33 bits per heavy atom. The van der Waals surface area contributed by atoms with Crippen LogP contribution in [0.4, 0.5) is 0 Å². The Hall–Kier alpha value is -0.120. The lowest BCUT2D eigenvalue weighted by Gasteiger charge is -2.47. The predicted octanol–water partition coefficient (Wildman–Crippen LogP) is 2.26. The molecular weight excluding hydrogens is 224 g/mol. The van der Waals surface area contributed by atoms with Crippen molar-refractivity contribution in [1.82, 2.24) is 10.2 Å². The minimum absolute atomic E-state index is 0.333. The minimum atomic E-state index is 0.333. The van der Waals surface area contributed by atoms with Crippen molar-refractivity contribution in [2.75, 3.05) is 19.7 Å². The van der Waals surface area contributed by atoms with Crippen molar-refractivity contribution in [3.8, 4) is 0 Å². The quantitative estimate of drug-likeness (QED) is 0.818. The third-order valence-corrected chi connectivity index (χ3v) is 4.74. The van der Waals surface area contributed by atoms with Crippen molar-refractivity contribution in [2.45, 2.75) is 71.7 Å². The Morgan fingerprint density at radius 3 is 2.56 bits per heavy atom. The number of nitrogens with zero attached hydrogens (tertiary/aromatic N) is 1. The first-order valence-electron chi connectivity index (χ1n) is 7.54. The number of hydrogen-bond acceptors (Lipinski definition) is 3. The van der Waals surface area contributed by atoms with Gasteiger partial charge >= 0.3 is 0 Å². The number of ether oxygens (including phenoxy) is 1. The van der Waals surface area contributed by atoms with E-state index in [1.165, 1.54) is 19.4 Å². The van der Waals surface area contributed by atoms with E-state index in [9.17, 15) is 0 Å². The van der Waals surface area contributed by atoms with Gasteiger partial charge < -0.3 is 10.1 Å². The van der Waals surface area contributed by atoms with Gasteiger partial charge in [-0.3, -0.25) is 4.90 Å². The first-order valence-corrected chi connectivity index (χ1v) is 7.54. The van der Waals surface area contributed by atoms with Gasteiger partial charge in [0.05, 0.1) is 6.10 Å². The first-order chi connectivity index (χ1) is 8.43. The van der Waals surface area contributed by atoms with Crippen LogP contribution >= 0.6 is 0 Å². The van der Waals surface area contributed by atoms with Crippen LogP contribution in [0.5, 0.6) is 0 Å². The second-order valence-corrected chi connectivity index (χ2v) is 7.02. The lowest BCUT2D eigenvalue weighted by atomic mass is 9.83. The third kappa shape index (κ3) is 2.89. The van der Waals surface area contributed by atoms with Crippen LogP contribution in [0, 0.1) is 5.41 Å². The lowest BCUT2D eigenvalue weighted by molar-refractivity contribution is 0.0136. The average Bonchev–Trinajstić information content (AvgIpc) is 2.73. The molecule has 4 unspecified atom stereocenters. The topological polar surface area (TPSA) is 24.5 Å². The van der Waals surface area contributed by atoms with Gasteiger partial charge in [-0.1, -0.05) is 27.7 Å².